The van der Waals surface area contributed by atoms with Crippen molar-refractivity contribution in [1.82, 2.24) is 5.32 Å². The maximum absolute atomic E-state index is 11.6. The molecule has 15 heavy (non-hydrogen) atoms. The summed E-state index contributed by atoms with van der Waals surface area (Å²) in [5.41, 5.74) is 0. The van der Waals surface area contributed by atoms with Crippen LogP contribution in [0.1, 0.15) is 13.3 Å². The van der Waals surface area contributed by atoms with Crippen molar-refractivity contribution < 1.29 is 13.2 Å². The second-order valence-corrected chi connectivity index (χ2v) is 7.16. The second-order valence-electron chi connectivity index (χ2n) is 3.53. The van der Waals surface area contributed by atoms with Crippen LogP contribution in [0.4, 0.5) is 0 Å². The van der Waals surface area contributed by atoms with Crippen molar-refractivity contribution in [1.29, 1.82) is 0 Å². The van der Waals surface area contributed by atoms with Crippen molar-refractivity contribution in [3.63, 3.8) is 0 Å². The van der Waals surface area contributed by atoms with Gasteiger partial charge in [0.1, 0.15) is 9.84 Å². The summed E-state index contributed by atoms with van der Waals surface area (Å²) in [5, 5.41) is 3.11. The minimum atomic E-state index is -3.01. The molecule has 1 saturated heterocycles. The Balaban J connectivity index is 2.35. The third-order valence-corrected chi connectivity index (χ3v) is 5.18. The molecule has 1 rings (SSSR count). The van der Waals surface area contributed by atoms with Crippen molar-refractivity contribution in [2.24, 2.45) is 0 Å². The average Bonchev–Trinajstić information content (AvgIpc) is 2.27. The fraction of sp³-hybridized carbons (Fsp3) is 0.889. The molecular formula is C9H17NO3S2. The molecule has 0 aromatic heterocycles. The van der Waals surface area contributed by atoms with Gasteiger partial charge in [-0.25, -0.2) is 8.42 Å². The van der Waals surface area contributed by atoms with E-state index in [1.165, 1.54) is 0 Å². The molecule has 1 aliphatic rings. The fourth-order valence-corrected chi connectivity index (χ4v) is 3.12. The number of carbonyl (C=O) groups excluding carboxylic acids is 1. The van der Waals surface area contributed by atoms with Crippen LogP contribution in [0.5, 0.6) is 0 Å². The zero-order valence-electron chi connectivity index (χ0n) is 8.86. The molecule has 0 bridgehead atoms. The van der Waals surface area contributed by atoms with Gasteiger partial charge in [0.05, 0.1) is 11.8 Å². The normalized spacial score (nSPS) is 22.6. The molecule has 1 fully saturated rings. The van der Waals surface area contributed by atoms with Crippen LogP contribution in [0.15, 0.2) is 0 Å². The van der Waals surface area contributed by atoms with Crippen LogP contribution < -0.4 is 5.32 Å². The number of nitrogens with one attached hydrogen (secondary N) is 1. The summed E-state index contributed by atoms with van der Waals surface area (Å²) in [6, 6.07) is -0.143. The first kappa shape index (κ1) is 13.0. The quantitative estimate of drug-likeness (QED) is 0.750. The predicted molar refractivity (Wildman–Crippen MR) is 63.1 cm³/mol. The number of ketones is 1. The minimum absolute atomic E-state index is 0.00875. The Hall–Kier alpha value is -0.0700. The van der Waals surface area contributed by atoms with Crippen LogP contribution in [0.3, 0.4) is 0 Å². The first-order chi connectivity index (χ1) is 7.05. The highest BCUT2D eigenvalue weighted by molar-refractivity contribution is 7.99. The number of thioether (sulfide) groups is 1. The minimum Gasteiger partial charge on any atom is -0.306 e. The third-order valence-electron chi connectivity index (χ3n) is 2.41. The van der Waals surface area contributed by atoms with Crippen molar-refractivity contribution in [2.45, 2.75) is 19.4 Å². The summed E-state index contributed by atoms with van der Waals surface area (Å²) in [7, 11) is -3.01. The van der Waals surface area contributed by atoms with Gasteiger partial charge in [0, 0.05) is 30.2 Å². The first-order valence-corrected chi connectivity index (χ1v) is 8.07. The maximum Gasteiger partial charge on any atom is 0.151 e. The molecule has 1 N–H and O–H groups in total. The standard InChI is InChI=1S/C9H17NO3S2/c1-2-15(12,13)6-3-9(11)8-7-14-5-4-10-8/h8,10H,2-7H2,1H3. The highest BCUT2D eigenvalue weighted by Gasteiger charge is 2.22. The third kappa shape index (κ3) is 4.53. The van der Waals surface area contributed by atoms with Crippen LogP contribution in [0, 0.1) is 0 Å². The van der Waals surface area contributed by atoms with Gasteiger partial charge in [-0.15, -0.1) is 0 Å². The van der Waals surface area contributed by atoms with Gasteiger partial charge < -0.3 is 5.32 Å². The van der Waals surface area contributed by atoms with E-state index in [0.717, 1.165) is 18.1 Å². The lowest BCUT2D eigenvalue weighted by Gasteiger charge is -2.21. The SMILES string of the molecule is CCS(=O)(=O)CCC(=O)C1CSCCN1. The van der Waals surface area contributed by atoms with E-state index in [1.54, 1.807) is 18.7 Å². The average molecular weight is 251 g/mol. The van der Waals surface area contributed by atoms with Gasteiger partial charge in [0.25, 0.3) is 0 Å². The first-order valence-electron chi connectivity index (χ1n) is 5.09. The van der Waals surface area contributed by atoms with Gasteiger partial charge in [-0.2, -0.15) is 11.8 Å². The molecule has 1 atom stereocenters. The van der Waals surface area contributed by atoms with Crippen LogP contribution in [-0.4, -0.2) is 49.8 Å². The van der Waals surface area contributed by atoms with Gasteiger partial charge in [-0.05, 0) is 0 Å². The maximum atomic E-state index is 11.6. The molecule has 0 amide bonds. The molecule has 0 spiro atoms. The van der Waals surface area contributed by atoms with Crippen molar-refractivity contribution in [3.8, 4) is 0 Å². The van der Waals surface area contributed by atoms with E-state index in [4.69, 9.17) is 0 Å². The lowest BCUT2D eigenvalue weighted by atomic mass is 10.1. The summed E-state index contributed by atoms with van der Waals surface area (Å²) in [4.78, 5) is 11.6. The smallest absolute Gasteiger partial charge is 0.151 e. The van der Waals surface area contributed by atoms with E-state index in [-0.39, 0.29) is 29.8 Å². The Kier molecular flexibility index (Phi) is 5.08. The Bertz CT molecular complexity index is 307. The molecule has 1 unspecified atom stereocenters. The van der Waals surface area contributed by atoms with E-state index in [2.05, 4.69) is 5.32 Å². The molecule has 0 aromatic rings. The number of carbonyl (C=O) groups is 1. The molecule has 0 aliphatic carbocycles. The monoisotopic (exact) mass is 251 g/mol. The van der Waals surface area contributed by atoms with E-state index in [0.29, 0.717) is 0 Å². The van der Waals surface area contributed by atoms with Crippen molar-refractivity contribution in [3.05, 3.63) is 0 Å². The zero-order chi connectivity index (χ0) is 11.3. The molecule has 6 heteroatoms. The summed E-state index contributed by atoms with van der Waals surface area (Å²) in [6.07, 6.45) is 0.147. The van der Waals surface area contributed by atoms with Crippen LogP contribution in [0.2, 0.25) is 0 Å². The molecule has 1 heterocycles. The topological polar surface area (TPSA) is 63.2 Å². The highest BCUT2D eigenvalue weighted by Crippen LogP contribution is 2.10. The molecule has 0 aromatic carbocycles. The Labute approximate surface area is 95.1 Å². The molecule has 1 aliphatic heterocycles. The number of hydrogen-bond donors (Lipinski definition) is 1. The van der Waals surface area contributed by atoms with Crippen molar-refractivity contribution in [2.75, 3.05) is 29.6 Å². The number of rotatable bonds is 5. The second kappa shape index (κ2) is 5.86. The number of sulfone groups is 1. The Morgan fingerprint density at radius 1 is 1.53 bits per heavy atom. The summed E-state index contributed by atoms with van der Waals surface area (Å²) >= 11 is 1.74. The number of hydrogen-bond acceptors (Lipinski definition) is 5. The van der Waals surface area contributed by atoms with E-state index < -0.39 is 9.84 Å². The Morgan fingerprint density at radius 3 is 2.80 bits per heavy atom. The van der Waals surface area contributed by atoms with Gasteiger partial charge in [-0.3, -0.25) is 4.79 Å². The van der Waals surface area contributed by atoms with Crippen LogP contribution >= 0.6 is 11.8 Å². The molecule has 0 radical (unpaired) electrons. The Morgan fingerprint density at radius 2 is 2.27 bits per heavy atom. The molecule has 4 nitrogen and oxygen atoms in total. The molecular weight excluding hydrogens is 234 g/mol. The van der Waals surface area contributed by atoms with E-state index >= 15 is 0 Å². The van der Waals surface area contributed by atoms with Gasteiger partial charge in [-0.1, -0.05) is 6.92 Å². The summed E-state index contributed by atoms with van der Waals surface area (Å²) in [6.45, 7) is 2.44. The van der Waals surface area contributed by atoms with Crippen LogP contribution in [-0.2, 0) is 14.6 Å². The fourth-order valence-electron chi connectivity index (χ4n) is 1.35. The lowest BCUT2D eigenvalue weighted by molar-refractivity contribution is -0.120. The zero-order valence-corrected chi connectivity index (χ0v) is 10.5. The number of Topliss-reactive ketones (excluding diaryl/α,β-unsaturated/α-hetero) is 1. The highest BCUT2D eigenvalue weighted by atomic mass is 32.2. The van der Waals surface area contributed by atoms with Crippen molar-refractivity contribution >= 4 is 27.4 Å². The van der Waals surface area contributed by atoms with Gasteiger partial charge in [0.15, 0.2) is 5.78 Å². The van der Waals surface area contributed by atoms with Crippen LogP contribution in [0.25, 0.3) is 0 Å². The summed E-state index contributed by atoms with van der Waals surface area (Å²) < 4.78 is 22.4. The largest absolute Gasteiger partial charge is 0.306 e. The summed E-state index contributed by atoms with van der Waals surface area (Å²) in [5.74, 6) is 1.93. The van der Waals surface area contributed by atoms with E-state index in [9.17, 15) is 13.2 Å². The van der Waals surface area contributed by atoms with Gasteiger partial charge >= 0.3 is 0 Å². The lowest BCUT2D eigenvalue weighted by Crippen LogP contribution is -2.43. The predicted octanol–water partition coefficient (Wildman–Crippen LogP) is 0.0853. The molecule has 0 saturated carbocycles. The van der Waals surface area contributed by atoms with Gasteiger partial charge in [0.2, 0.25) is 0 Å². The molecule has 88 valence electrons. The van der Waals surface area contributed by atoms with E-state index in [1.807, 2.05) is 0 Å².